The third-order valence-corrected chi connectivity index (χ3v) is 3.23. The number of nitrogens with one attached hydrogen (secondary N) is 1. The molecule has 0 saturated carbocycles. The first-order valence-corrected chi connectivity index (χ1v) is 4.93. The van der Waals surface area contributed by atoms with Gasteiger partial charge in [-0.25, -0.2) is 0 Å². The predicted molar refractivity (Wildman–Crippen MR) is 48.7 cm³/mol. The number of hydrogen-bond donors (Lipinski definition) is 2. The second-order valence-corrected chi connectivity index (χ2v) is 3.98. The van der Waals surface area contributed by atoms with E-state index < -0.39 is 0 Å². The summed E-state index contributed by atoms with van der Waals surface area (Å²) < 4.78 is 0. The van der Waals surface area contributed by atoms with Gasteiger partial charge < -0.3 is 10.4 Å². The Hall–Kier alpha value is -0.500. The molecule has 1 aliphatic carbocycles. The number of hydrogen-bond acceptors (Lipinski definition) is 2. The van der Waals surface area contributed by atoms with Crippen LogP contribution in [0.5, 0.6) is 0 Å². The number of fused-ring (bicyclic) bond motifs is 1. The van der Waals surface area contributed by atoms with E-state index in [2.05, 4.69) is 11.4 Å². The highest BCUT2D eigenvalue weighted by atomic mass is 16.3. The van der Waals surface area contributed by atoms with E-state index in [9.17, 15) is 5.11 Å². The predicted octanol–water partition coefficient (Wildman–Crippen LogP) is 1.42. The highest BCUT2D eigenvalue weighted by molar-refractivity contribution is 5.18. The van der Waals surface area contributed by atoms with Crippen molar-refractivity contribution < 1.29 is 5.11 Å². The molecule has 2 N–H and O–H groups in total. The first kappa shape index (κ1) is 8.11. The van der Waals surface area contributed by atoms with E-state index in [1.54, 1.807) is 0 Å². The smallest absolute Gasteiger partial charge is 0.0542 e. The molecule has 2 heteroatoms. The summed E-state index contributed by atoms with van der Waals surface area (Å²) in [6, 6.07) is 0. The number of allylic oxidation sites excluding steroid dienone is 1. The van der Waals surface area contributed by atoms with Crippen LogP contribution in [0.25, 0.3) is 0 Å². The molecule has 12 heavy (non-hydrogen) atoms. The van der Waals surface area contributed by atoms with Crippen molar-refractivity contribution in [1.29, 1.82) is 0 Å². The Morgan fingerprint density at radius 1 is 1.42 bits per heavy atom. The minimum Gasteiger partial charge on any atom is -0.395 e. The first-order valence-electron chi connectivity index (χ1n) is 4.93. The zero-order chi connectivity index (χ0) is 8.44. The Labute approximate surface area is 73.7 Å². The van der Waals surface area contributed by atoms with Crippen LogP contribution in [0.3, 0.4) is 0 Å². The molecule has 1 fully saturated rings. The fourth-order valence-corrected chi connectivity index (χ4v) is 2.45. The molecule has 0 aromatic carbocycles. The fourth-order valence-electron chi connectivity index (χ4n) is 2.45. The summed E-state index contributed by atoms with van der Waals surface area (Å²) in [5, 5.41) is 12.8. The Bertz CT molecular complexity index is 200. The molecule has 0 spiro atoms. The van der Waals surface area contributed by atoms with Crippen molar-refractivity contribution in [2.45, 2.75) is 32.1 Å². The van der Waals surface area contributed by atoms with E-state index in [0.29, 0.717) is 6.61 Å². The van der Waals surface area contributed by atoms with Gasteiger partial charge in [-0.05, 0) is 32.1 Å². The van der Waals surface area contributed by atoms with Crippen LogP contribution in [-0.2, 0) is 0 Å². The monoisotopic (exact) mass is 167 g/mol. The Balaban J connectivity index is 2.23. The molecule has 68 valence electrons. The molecule has 1 atom stereocenters. The second-order valence-electron chi connectivity index (χ2n) is 3.98. The number of aliphatic hydroxyl groups excluding tert-OH is 1. The van der Waals surface area contributed by atoms with Crippen molar-refractivity contribution in [3.8, 4) is 0 Å². The SMILES string of the molecule is OCC12CCCC=C1NCCC2. The van der Waals surface area contributed by atoms with Crippen molar-refractivity contribution in [2.75, 3.05) is 13.2 Å². The molecular formula is C10H17NO. The van der Waals surface area contributed by atoms with Crippen LogP contribution in [0, 0.1) is 5.41 Å². The maximum atomic E-state index is 9.40. The lowest BCUT2D eigenvalue weighted by atomic mass is 9.71. The van der Waals surface area contributed by atoms with Gasteiger partial charge in [0.05, 0.1) is 6.61 Å². The van der Waals surface area contributed by atoms with Gasteiger partial charge in [0.1, 0.15) is 0 Å². The Morgan fingerprint density at radius 3 is 3.00 bits per heavy atom. The number of aliphatic hydroxyl groups is 1. The number of piperidine rings is 1. The van der Waals surface area contributed by atoms with E-state index in [1.807, 2.05) is 0 Å². The minimum absolute atomic E-state index is 0.122. The highest BCUT2D eigenvalue weighted by Gasteiger charge is 2.36. The van der Waals surface area contributed by atoms with Gasteiger partial charge in [0.2, 0.25) is 0 Å². The van der Waals surface area contributed by atoms with E-state index in [1.165, 1.54) is 37.8 Å². The average Bonchev–Trinajstić information content (AvgIpc) is 2.18. The average molecular weight is 167 g/mol. The zero-order valence-corrected chi connectivity index (χ0v) is 7.47. The lowest BCUT2D eigenvalue weighted by Crippen LogP contribution is -2.41. The highest BCUT2D eigenvalue weighted by Crippen LogP contribution is 2.41. The van der Waals surface area contributed by atoms with Crippen LogP contribution < -0.4 is 5.32 Å². The molecule has 0 bridgehead atoms. The normalized spacial score (nSPS) is 34.9. The number of rotatable bonds is 1. The molecule has 0 aromatic heterocycles. The summed E-state index contributed by atoms with van der Waals surface area (Å²) in [4.78, 5) is 0. The molecule has 2 aliphatic rings. The van der Waals surface area contributed by atoms with Gasteiger partial charge in [-0.2, -0.15) is 0 Å². The standard InChI is InChI=1S/C10H17NO/c12-8-10-5-2-1-4-9(10)11-7-3-6-10/h4,11-12H,1-3,5-8H2. The van der Waals surface area contributed by atoms with E-state index in [0.717, 1.165) is 6.54 Å². The largest absolute Gasteiger partial charge is 0.395 e. The van der Waals surface area contributed by atoms with Crippen molar-refractivity contribution in [3.05, 3.63) is 11.8 Å². The maximum Gasteiger partial charge on any atom is 0.0542 e. The molecule has 1 aliphatic heterocycles. The minimum atomic E-state index is 0.122. The molecule has 2 rings (SSSR count). The molecule has 1 unspecified atom stereocenters. The van der Waals surface area contributed by atoms with Crippen LogP contribution >= 0.6 is 0 Å². The fraction of sp³-hybridized carbons (Fsp3) is 0.800. The molecule has 0 amide bonds. The van der Waals surface area contributed by atoms with Crippen molar-refractivity contribution in [1.82, 2.24) is 5.32 Å². The Kier molecular flexibility index (Phi) is 2.09. The van der Waals surface area contributed by atoms with Crippen LogP contribution in [0.15, 0.2) is 11.8 Å². The first-order chi connectivity index (χ1) is 5.87. The van der Waals surface area contributed by atoms with Crippen LogP contribution in [0.4, 0.5) is 0 Å². The molecule has 1 saturated heterocycles. The summed E-state index contributed by atoms with van der Waals surface area (Å²) in [6.07, 6.45) is 8.25. The van der Waals surface area contributed by atoms with Gasteiger partial charge in [0, 0.05) is 17.7 Å². The van der Waals surface area contributed by atoms with Gasteiger partial charge in [0.15, 0.2) is 0 Å². The quantitative estimate of drug-likeness (QED) is 0.619. The van der Waals surface area contributed by atoms with Gasteiger partial charge in [-0.15, -0.1) is 0 Å². The summed E-state index contributed by atoms with van der Waals surface area (Å²) in [5.41, 5.74) is 1.44. The second kappa shape index (κ2) is 3.09. The van der Waals surface area contributed by atoms with E-state index >= 15 is 0 Å². The van der Waals surface area contributed by atoms with Crippen molar-refractivity contribution in [2.24, 2.45) is 5.41 Å². The van der Waals surface area contributed by atoms with Gasteiger partial charge >= 0.3 is 0 Å². The molecule has 2 nitrogen and oxygen atoms in total. The third kappa shape index (κ3) is 1.14. The summed E-state index contributed by atoms with van der Waals surface area (Å²) >= 11 is 0. The zero-order valence-electron chi connectivity index (χ0n) is 7.47. The molecular weight excluding hydrogens is 150 g/mol. The van der Waals surface area contributed by atoms with Crippen LogP contribution in [-0.4, -0.2) is 18.3 Å². The van der Waals surface area contributed by atoms with Crippen LogP contribution in [0.2, 0.25) is 0 Å². The van der Waals surface area contributed by atoms with E-state index in [-0.39, 0.29) is 5.41 Å². The third-order valence-electron chi connectivity index (χ3n) is 3.23. The molecule has 0 aromatic rings. The van der Waals surface area contributed by atoms with E-state index in [4.69, 9.17) is 0 Å². The topological polar surface area (TPSA) is 32.3 Å². The van der Waals surface area contributed by atoms with Gasteiger partial charge in [0.25, 0.3) is 0 Å². The lowest BCUT2D eigenvalue weighted by molar-refractivity contribution is 0.109. The molecule has 0 radical (unpaired) electrons. The lowest BCUT2D eigenvalue weighted by Gasteiger charge is -2.41. The summed E-state index contributed by atoms with van der Waals surface area (Å²) in [7, 11) is 0. The van der Waals surface area contributed by atoms with Crippen molar-refractivity contribution >= 4 is 0 Å². The van der Waals surface area contributed by atoms with Crippen LogP contribution in [0.1, 0.15) is 32.1 Å². The summed E-state index contributed by atoms with van der Waals surface area (Å²) in [5.74, 6) is 0. The Morgan fingerprint density at radius 2 is 2.25 bits per heavy atom. The van der Waals surface area contributed by atoms with Crippen molar-refractivity contribution in [3.63, 3.8) is 0 Å². The van der Waals surface area contributed by atoms with Gasteiger partial charge in [-0.3, -0.25) is 0 Å². The van der Waals surface area contributed by atoms with Gasteiger partial charge in [-0.1, -0.05) is 6.08 Å². The summed E-state index contributed by atoms with van der Waals surface area (Å²) in [6.45, 7) is 1.42. The molecule has 1 heterocycles. The maximum absolute atomic E-state index is 9.40.